The molecule has 0 spiro atoms. The number of para-hydroxylation sites is 1. The summed E-state index contributed by atoms with van der Waals surface area (Å²) in [5.41, 5.74) is -0.615. The van der Waals surface area contributed by atoms with Crippen LogP contribution in [0.5, 0.6) is 11.5 Å². The molecule has 0 atom stereocenters. The smallest absolute Gasteiger partial charge is 0.418 e. The quantitative estimate of drug-likeness (QED) is 0.615. The molecule has 7 nitrogen and oxygen atoms in total. The van der Waals surface area contributed by atoms with Gasteiger partial charge < -0.3 is 19.2 Å². The molecule has 1 aliphatic rings. The van der Waals surface area contributed by atoms with Gasteiger partial charge in [-0.25, -0.2) is 0 Å². The van der Waals surface area contributed by atoms with E-state index in [0.717, 1.165) is 17.8 Å². The van der Waals surface area contributed by atoms with E-state index in [1.165, 1.54) is 18.2 Å². The van der Waals surface area contributed by atoms with Gasteiger partial charge in [0.05, 0.1) is 17.0 Å². The van der Waals surface area contributed by atoms with Gasteiger partial charge in [-0.1, -0.05) is 23.9 Å². The first-order valence-corrected chi connectivity index (χ1v) is 9.21. The number of hydrogen-bond donors (Lipinski definition) is 1. The lowest BCUT2D eigenvalue weighted by Gasteiger charge is -2.13. The van der Waals surface area contributed by atoms with Gasteiger partial charge in [0, 0.05) is 5.56 Å². The van der Waals surface area contributed by atoms with Crippen LogP contribution in [0.3, 0.4) is 0 Å². The Labute approximate surface area is 166 Å². The number of thioether (sulfide) groups is 1. The van der Waals surface area contributed by atoms with Gasteiger partial charge in [0.1, 0.15) is 0 Å². The van der Waals surface area contributed by atoms with Crippen LogP contribution in [0, 0.1) is 0 Å². The average molecular weight is 423 g/mol. The number of nitrogens with zero attached hydrogens (tertiary/aromatic N) is 2. The number of ether oxygens (including phenoxy) is 2. The minimum atomic E-state index is -4.57. The second-order valence-electron chi connectivity index (χ2n) is 5.82. The van der Waals surface area contributed by atoms with Crippen molar-refractivity contribution < 1.29 is 31.9 Å². The fraction of sp³-hybridized carbons (Fsp3) is 0.167. The van der Waals surface area contributed by atoms with Crippen molar-refractivity contribution in [1.29, 1.82) is 0 Å². The highest BCUT2D eigenvalue weighted by molar-refractivity contribution is 7.99. The number of alkyl halides is 3. The molecule has 0 fully saturated rings. The maximum absolute atomic E-state index is 13.0. The van der Waals surface area contributed by atoms with Crippen LogP contribution in [-0.2, 0) is 11.0 Å². The lowest BCUT2D eigenvalue weighted by atomic mass is 10.1. The van der Waals surface area contributed by atoms with E-state index in [-0.39, 0.29) is 29.3 Å². The molecular formula is C18H12F3N3O4S. The van der Waals surface area contributed by atoms with E-state index in [1.54, 1.807) is 18.2 Å². The van der Waals surface area contributed by atoms with Gasteiger partial charge in [-0.3, -0.25) is 4.79 Å². The number of nitrogens with one attached hydrogen (secondary N) is 1. The van der Waals surface area contributed by atoms with Crippen molar-refractivity contribution in [2.45, 2.75) is 11.4 Å². The molecule has 150 valence electrons. The molecule has 29 heavy (non-hydrogen) atoms. The van der Waals surface area contributed by atoms with Gasteiger partial charge in [-0.05, 0) is 30.3 Å². The van der Waals surface area contributed by atoms with E-state index in [4.69, 9.17) is 13.9 Å². The minimum absolute atomic E-state index is 0.108. The monoisotopic (exact) mass is 423 g/mol. The van der Waals surface area contributed by atoms with Crippen LogP contribution in [0.1, 0.15) is 5.56 Å². The lowest BCUT2D eigenvalue weighted by Crippen LogP contribution is -2.18. The number of halogens is 3. The molecule has 0 bridgehead atoms. The largest absolute Gasteiger partial charge is 0.454 e. The molecule has 0 aliphatic carbocycles. The Morgan fingerprint density at radius 2 is 1.90 bits per heavy atom. The van der Waals surface area contributed by atoms with Gasteiger partial charge in [0.2, 0.25) is 18.6 Å². The topological polar surface area (TPSA) is 86.5 Å². The number of carbonyl (C=O) groups is 1. The normalized spacial score (nSPS) is 12.8. The van der Waals surface area contributed by atoms with Crippen LogP contribution in [0.25, 0.3) is 11.5 Å². The summed E-state index contributed by atoms with van der Waals surface area (Å²) in [7, 11) is 0. The molecule has 1 amide bonds. The van der Waals surface area contributed by atoms with E-state index in [1.807, 2.05) is 0 Å². The molecule has 2 aromatic carbocycles. The molecule has 2 heterocycles. The molecule has 0 radical (unpaired) electrons. The number of aromatic nitrogens is 2. The van der Waals surface area contributed by atoms with Gasteiger partial charge in [0.15, 0.2) is 11.5 Å². The molecule has 11 heteroatoms. The highest BCUT2D eigenvalue weighted by Crippen LogP contribution is 2.36. The Balaban J connectivity index is 1.39. The first kappa shape index (κ1) is 19.1. The summed E-state index contributed by atoms with van der Waals surface area (Å²) in [6.45, 7) is 0.135. The number of benzene rings is 2. The predicted octanol–water partition coefficient (Wildman–Crippen LogP) is 4.21. The number of carbonyl (C=O) groups excluding carboxylic acids is 1. The second kappa shape index (κ2) is 7.66. The fourth-order valence-electron chi connectivity index (χ4n) is 2.57. The number of fused-ring (bicyclic) bond motifs is 1. The van der Waals surface area contributed by atoms with Crippen molar-refractivity contribution in [3.05, 3.63) is 48.0 Å². The van der Waals surface area contributed by atoms with Gasteiger partial charge in [-0.15, -0.1) is 10.2 Å². The zero-order valence-electron chi connectivity index (χ0n) is 14.5. The zero-order chi connectivity index (χ0) is 20.4. The summed E-state index contributed by atoms with van der Waals surface area (Å²) in [4.78, 5) is 12.1. The molecule has 4 rings (SSSR count). The first-order valence-electron chi connectivity index (χ1n) is 8.22. The summed E-state index contributed by atoms with van der Waals surface area (Å²) in [5.74, 6) is 0.550. The maximum atomic E-state index is 13.0. The predicted molar refractivity (Wildman–Crippen MR) is 96.7 cm³/mol. The van der Waals surface area contributed by atoms with Crippen molar-refractivity contribution in [1.82, 2.24) is 10.2 Å². The Kier molecular flexibility index (Phi) is 5.05. The van der Waals surface area contributed by atoms with E-state index in [2.05, 4.69) is 15.5 Å². The molecule has 0 unspecified atom stereocenters. The number of anilines is 1. The van der Waals surface area contributed by atoms with Crippen molar-refractivity contribution in [2.24, 2.45) is 0 Å². The average Bonchev–Trinajstić information content (AvgIpc) is 3.34. The third kappa shape index (κ3) is 4.29. The van der Waals surface area contributed by atoms with Crippen molar-refractivity contribution in [3.8, 4) is 23.0 Å². The summed E-state index contributed by atoms with van der Waals surface area (Å²) >= 11 is 0.913. The van der Waals surface area contributed by atoms with E-state index >= 15 is 0 Å². The van der Waals surface area contributed by atoms with Gasteiger partial charge in [-0.2, -0.15) is 13.2 Å². The Morgan fingerprint density at radius 1 is 1.10 bits per heavy atom. The SMILES string of the molecule is O=C(CSc1nnc(-c2ccc3c(c2)OCO3)o1)Nc1ccccc1C(F)(F)F. The lowest BCUT2D eigenvalue weighted by molar-refractivity contribution is -0.137. The fourth-order valence-corrected chi connectivity index (χ4v) is 3.13. The number of hydrogen-bond acceptors (Lipinski definition) is 7. The van der Waals surface area contributed by atoms with Crippen LogP contribution in [-0.4, -0.2) is 28.7 Å². The zero-order valence-corrected chi connectivity index (χ0v) is 15.3. The first-order chi connectivity index (χ1) is 13.9. The van der Waals surface area contributed by atoms with Crippen molar-refractivity contribution >= 4 is 23.4 Å². The molecule has 0 saturated heterocycles. The Bertz CT molecular complexity index is 1050. The molecule has 1 N–H and O–H groups in total. The highest BCUT2D eigenvalue weighted by Gasteiger charge is 2.33. The summed E-state index contributed by atoms with van der Waals surface area (Å²) in [6.07, 6.45) is -4.57. The van der Waals surface area contributed by atoms with E-state index < -0.39 is 17.6 Å². The van der Waals surface area contributed by atoms with Crippen LogP contribution in [0.15, 0.2) is 52.1 Å². The Hall–Kier alpha value is -3.21. The third-order valence-corrected chi connectivity index (χ3v) is 4.68. The third-order valence-electron chi connectivity index (χ3n) is 3.86. The number of amides is 1. The summed E-state index contributed by atoms with van der Waals surface area (Å²) in [6, 6.07) is 9.87. The van der Waals surface area contributed by atoms with Crippen LogP contribution >= 0.6 is 11.8 Å². The summed E-state index contributed by atoms with van der Waals surface area (Å²) < 4.78 is 55.0. The van der Waals surface area contributed by atoms with Crippen LogP contribution in [0.2, 0.25) is 0 Å². The molecule has 3 aromatic rings. The molecule has 1 aliphatic heterocycles. The van der Waals surface area contributed by atoms with Crippen molar-refractivity contribution in [2.75, 3.05) is 17.9 Å². The van der Waals surface area contributed by atoms with Crippen LogP contribution < -0.4 is 14.8 Å². The maximum Gasteiger partial charge on any atom is 0.418 e. The van der Waals surface area contributed by atoms with E-state index in [0.29, 0.717) is 17.1 Å². The van der Waals surface area contributed by atoms with Gasteiger partial charge >= 0.3 is 6.18 Å². The number of rotatable bonds is 5. The standard InChI is InChI=1S/C18H12F3N3O4S/c19-18(20,21)11-3-1-2-4-12(11)22-15(25)8-29-17-24-23-16(28-17)10-5-6-13-14(7-10)27-9-26-13/h1-7H,8-9H2,(H,22,25). The molecule has 0 saturated carbocycles. The summed E-state index contributed by atoms with van der Waals surface area (Å²) in [5, 5.41) is 10.1. The second-order valence-corrected chi connectivity index (χ2v) is 6.75. The van der Waals surface area contributed by atoms with Gasteiger partial charge in [0.25, 0.3) is 5.22 Å². The Morgan fingerprint density at radius 3 is 2.72 bits per heavy atom. The minimum Gasteiger partial charge on any atom is -0.454 e. The van der Waals surface area contributed by atoms with Crippen molar-refractivity contribution in [3.63, 3.8) is 0 Å². The van der Waals surface area contributed by atoms with E-state index in [9.17, 15) is 18.0 Å². The molecule has 1 aromatic heterocycles. The van der Waals surface area contributed by atoms with Crippen LogP contribution in [0.4, 0.5) is 18.9 Å². The molecular weight excluding hydrogens is 411 g/mol. The highest BCUT2D eigenvalue weighted by atomic mass is 32.2.